The number of carbonyl (C=O) groups is 2. The van der Waals surface area contributed by atoms with Gasteiger partial charge in [-0.1, -0.05) is 0 Å². The normalized spacial score (nSPS) is 13.2. The number of methoxy groups -OCH3 is 1. The Hall–Kier alpha value is -3.45. The number of sulfonamides is 1. The van der Waals surface area contributed by atoms with Gasteiger partial charge < -0.3 is 15.4 Å². The van der Waals surface area contributed by atoms with Crippen LogP contribution in [0, 0.1) is 0 Å². The predicted molar refractivity (Wildman–Crippen MR) is 117 cm³/mol. The Balaban J connectivity index is 2.05. The zero-order valence-corrected chi connectivity index (χ0v) is 18.8. The molecule has 2 heterocycles. The van der Waals surface area contributed by atoms with Gasteiger partial charge in [0, 0.05) is 25.4 Å². The minimum atomic E-state index is -3.66. The Morgan fingerprint density at radius 2 is 1.88 bits per heavy atom. The smallest absolute Gasteiger partial charge is 0.278 e. The molecule has 0 radical (unpaired) electrons. The van der Waals surface area contributed by atoms with Crippen molar-refractivity contribution in [2.45, 2.75) is 18.9 Å². The van der Waals surface area contributed by atoms with Crippen LogP contribution in [0.25, 0.3) is 0 Å². The molecule has 2 amide bonds. The Bertz CT molecular complexity index is 1140. The molecule has 2 aromatic heterocycles. The summed E-state index contributed by atoms with van der Waals surface area (Å²) in [6.07, 6.45) is 4.07. The van der Waals surface area contributed by atoms with Crippen LogP contribution < -0.4 is 25.2 Å². The van der Waals surface area contributed by atoms with E-state index in [2.05, 4.69) is 30.9 Å². The van der Waals surface area contributed by atoms with Crippen LogP contribution in [0.3, 0.4) is 0 Å². The zero-order valence-electron chi connectivity index (χ0n) is 18.0. The first-order valence-corrected chi connectivity index (χ1v) is 11.4. The van der Waals surface area contributed by atoms with Gasteiger partial charge in [-0.3, -0.25) is 23.7 Å². The van der Waals surface area contributed by atoms with Crippen LogP contribution in [-0.4, -0.2) is 63.8 Å². The molecule has 0 aliphatic heterocycles. The number of aromatic nitrogens is 2. The third-order valence-electron chi connectivity index (χ3n) is 4.61. The molecule has 0 atom stereocenters. The first-order chi connectivity index (χ1) is 15.1. The number of carbonyl (C=O) groups excluding carboxylic acids is 2. The highest BCUT2D eigenvalue weighted by molar-refractivity contribution is 7.92. The number of nitrogens with one attached hydrogen (secondary N) is 3. The van der Waals surface area contributed by atoms with Crippen molar-refractivity contribution in [3.05, 3.63) is 35.7 Å². The minimum Gasteiger partial charge on any atom is -0.481 e. The third kappa shape index (κ3) is 5.42. The Morgan fingerprint density at radius 1 is 1.16 bits per heavy atom. The first-order valence-electron chi connectivity index (χ1n) is 9.54. The summed E-state index contributed by atoms with van der Waals surface area (Å²) >= 11 is 0. The van der Waals surface area contributed by atoms with Crippen LogP contribution in [0.2, 0.25) is 0 Å². The number of ether oxygens (including phenoxy) is 1. The van der Waals surface area contributed by atoms with Crippen LogP contribution in [0.15, 0.2) is 24.4 Å². The van der Waals surface area contributed by atoms with E-state index < -0.39 is 15.9 Å². The lowest BCUT2D eigenvalue weighted by atomic mass is 10.1. The molecule has 1 aliphatic carbocycles. The van der Waals surface area contributed by atoms with Gasteiger partial charge in [0.2, 0.25) is 15.9 Å². The molecule has 3 N–H and O–H groups in total. The maximum Gasteiger partial charge on any atom is 0.278 e. The van der Waals surface area contributed by atoms with E-state index in [4.69, 9.17) is 4.74 Å². The van der Waals surface area contributed by atoms with Crippen molar-refractivity contribution in [1.29, 1.82) is 0 Å². The fourth-order valence-electron chi connectivity index (χ4n) is 2.68. The largest absolute Gasteiger partial charge is 0.481 e. The van der Waals surface area contributed by atoms with Gasteiger partial charge in [0.1, 0.15) is 5.69 Å². The number of hydrogen-bond acceptors (Lipinski definition) is 9. The van der Waals surface area contributed by atoms with Gasteiger partial charge in [-0.05, 0) is 25.0 Å². The van der Waals surface area contributed by atoms with Crippen LogP contribution in [0.5, 0.6) is 5.88 Å². The second kappa shape index (κ2) is 9.36. The van der Waals surface area contributed by atoms with Gasteiger partial charge in [-0.2, -0.15) is 4.98 Å². The van der Waals surface area contributed by atoms with Crippen molar-refractivity contribution in [3.8, 4) is 5.88 Å². The minimum absolute atomic E-state index is 0.0331. The summed E-state index contributed by atoms with van der Waals surface area (Å²) in [6.45, 7) is 0. The van der Waals surface area contributed by atoms with E-state index in [1.54, 1.807) is 6.07 Å². The van der Waals surface area contributed by atoms with Gasteiger partial charge in [-0.15, -0.1) is 0 Å². The second-order valence-corrected chi connectivity index (χ2v) is 9.09. The summed E-state index contributed by atoms with van der Waals surface area (Å²) in [4.78, 5) is 37.9. The van der Waals surface area contributed by atoms with Gasteiger partial charge in [0.15, 0.2) is 5.82 Å². The summed E-state index contributed by atoms with van der Waals surface area (Å²) < 4.78 is 30.3. The molecule has 12 nitrogen and oxygen atoms in total. The fraction of sp³-hybridized carbons (Fsp3) is 0.368. The predicted octanol–water partition coefficient (Wildman–Crippen LogP) is 0.808. The number of pyridine rings is 2. The highest BCUT2D eigenvalue weighted by atomic mass is 32.2. The molecule has 1 saturated carbocycles. The molecular weight excluding hydrogens is 440 g/mol. The average molecular weight is 465 g/mol. The second-order valence-electron chi connectivity index (χ2n) is 7.08. The van der Waals surface area contributed by atoms with Crippen LogP contribution in [0.1, 0.15) is 33.7 Å². The third-order valence-corrected chi connectivity index (χ3v) is 5.78. The van der Waals surface area contributed by atoms with E-state index in [9.17, 15) is 18.0 Å². The molecular formula is C19H24N6O6S. The SMILES string of the molecule is CONC(=O)c1cnc(C(=O)NC2CC2)cc1Nc1ccc(OC)nc1N(C)S(C)(=O)=O. The van der Waals surface area contributed by atoms with Crippen molar-refractivity contribution in [3.63, 3.8) is 0 Å². The quantitative estimate of drug-likeness (QED) is 0.458. The number of amides is 2. The molecule has 2 aromatic rings. The average Bonchev–Trinajstić information content (AvgIpc) is 3.57. The Morgan fingerprint density at radius 3 is 2.47 bits per heavy atom. The lowest BCUT2D eigenvalue weighted by molar-refractivity contribution is 0.0538. The first kappa shape index (κ1) is 23.2. The van der Waals surface area contributed by atoms with E-state index in [0.29, 0.717) is 0 Å². The molecule has 172 valence electrons. The monoisotopic (exact) mass is 464 g/mol. The molecule has 13 heteroatoms. The van der Waals surface area contributed by atoms with Crippen LogP contribution >= 0.6 is 0 Å². The molecule has 0 aromatic carbocycles. The summed E-state index contributed by atoms with van der Waals surface area (Å²) in [5.41, 5.74) is 2.81. The number of hydrogen-bond donors (Lipinski definition) is 3. The molecule has 1 aliphatic rings. The molecule has 1 fully saturated rings. The lowest BCUT2D eigenvalue weighted by Gasteiger charge is -2.21. The Labute approximate surface area is 185 Å². The maximum atomic E-state index is 12.5. The van der Waals surface area contributed by atoms with Crippen molar-refractivity contribution in [2.24, 2.45) is 0 Å². The summed E-state index contributed by atoms with van der Waals surface area (Å²) in [7, 11) is 0.359. The van der Waals surface area contributed by atoms with Crippen molar-refractivity contribution >= 4 is 39.0 Å². The van der Waals surface area contributed by atoms with E-state index in [1.165, 1.54) is 39.6 Å². The van der Waals surface area contributed by atoms with Crippen LogP contribution in [0.4, 0.5) is 17.2 Å². The molecule has 0 spiro atoms. The van der Waals surface area contributed by atoms with Crippen LogP contribution in [-0.2, 0) is 14.9 Å². The number of rotatable bonds is 9. The molecule has 0 bridgehead atoms. The number of hydroxylamine groups is 1. The van der Waals surface area contributed by atoms with Crippen molar-refractivity contribution < 1.29 is 27.6 Å². The summed E-state index contributed by atoms with van der Waals surface area (Å²) in [6, 6.07) is 4.60. The highest BCUT2D eigenvalue weighted by Gasteiger charge is 2.26. The van der Waals surface area contributed by atoms with E-state index in [0.717, 1.165) is 23.4 Å². The maximum absolute atomic E-state index is 12.5. The Kier molecular flexibility index (Phi) is 6.79. The highest BCUT2D eigenvalue weighted by Crippen LogP contribution is 2.31. The summed E-state index contributed by atoms with van der Waals surface area (Å²) in [5.74, 6) is -0.768. The molecule has 32 heavy (non-hydrogen) atoms. The topological polar surface area (TPSA) is 152 Å². The fourth-order valence-corrected chi connectivity index (χ4v) is 3.14. The number of anilines is 3. The van der Waals surface area contributed by atoms with Crippen molar-refractivity contribution in [2.75, 3.05) is 37.1 Å². The van der Waals surface area contributed by atoms with Gasteiger partial charge in [-0.25, -0.2) is 13.9 Å². The summed E-state index contributed by atoms with van der Waals surface area (Å²) in [5, 5.41) is 5.82. The molecule has 3 rings (SSSR count). The van der Waals surface area contributed by atoms with Crippen molar-refractivity contribution in [1.82, 2.24) is 20.8 Å². The lowest BCUT2D eigenvalue weighted by Crippen LogP contribution is -2.28. The van der Waals surface area contributed by atoms with E-state index in [1.807, 2.05) is 0 Å². The number of nitrogens with zero attached hydrogens (tertiary/aromatic N) is 3. The molecule has 0 unspecified atom stereocenters. The molecule has 0 saturated heterocycles. The van der Waals surface area contributed by atoms with Gasteiger partial charge in [0.25, 0.3) is 11.8 Å². The van der Waals surface area contributed by atoms with Gasteiger partial charge in [0.05, 0.1) is 37.4 Å². The zero-order chi connectivity index (χ0) is 23.5. The van der Waals surface area contributed by atoms with E-state index >= 15 is 0 Å². The van der Waals surface area contributed by atoms with Gasteiger partial charge >= 0.3 is 0 Å². The standard InChI is InChI=1S/C19H24N6O6S/c1-25(32(4,28)29)17-13(7-8-16(23-17)30-2)22-14-9-15(19(27)21-11-5-6-11)20-10-12(14)18(26)24-31-3/h7-11H,5-6H2,1-4H3,(H,20,22)(H,21,27)(H,24,26). The van der Waals surface area contributed by atoms with E-state index in [-0.39, 0.29) is 46.3 Å².